The van der Waals surface area contributed by atoms with Gasteiger partial charge in [0.05, 0.1) is 24.1 Å². The van der Waals surface area contributed by atoms with Crippen molar-refractivity contribution in [1.29, 1.82) is 21.2 Å². The minimum absolute atomic E-state index is 0.343. The van der Waals surface area contributed by atoms with Crippen molar-refractivity contribution in [3.05, 3.63) is 30.1 Å². The van der Waals surface area contributed by atoms with Crippen LogP contribution in [0.15, 0.2) is 24.5 Å². The Morgan fingerprint density at radius 2 is 1.84 bits per heavy atom. The van der Waals surface area contributed by atoms with Crippen LogP contribution in [0.25, 0.3) is 0 Å². The Kier molecular flexibility index (Phi) is 3.13. The van der Waals surface area contributed by atoms with E-state index in [4.69, 9.17) is 14.9 Å². The maximum Gasteiger partial charge on any atom is 0.218 e. The van der Waals surface area contributed by atoms with Gasteiger partial charge in [0, 0.05) is 18.8 Å². The van der Waals surface area contributed by atoms with Crippen molar-refractivity contribution in [2.24, 2.45) is 16.7 Å². The Labute approximate surface area is 144 Å². The first-order valence-electron chi connectivity index (χ1n) is 8.20. The van der Waals surface area contributed by atoms with Crippen LogP contribution < -0.4 is 0 Å². The molecule has 5 rings (SSSR count). The zero-order chi connectivity index (χ0) is 17.7. The molecule has 0 aromatic carbocycles. The lowest BCUT2D eigenvalue weighted by Crippen LogP contribution is -2.73. The van der Waals surface area contributed by atoms with E-state index in [1.807, 2.05) is 0 Å². The Morgan fingerprint density at radius 3 is 2.48 bits per heavy atom. The van der Waals surface area contributed by atoms with Crippen LogP contribution in [0, 0.1) is 56.2 Å². The molecule has 1 spiro atoms. The van der Waals surface area contributed by atoms with Gasteiger partial charge in [0.2, 0.25) is 11.7 Å². The first-order valence-corrected chi connectivity index (χ1v) is 8.20. The molecule has 1 saturated carbocycles. The summed E-state index contributed by atoms with van der Waals surface area (Å²) >= 11 is 0. The largest absolute Gasteiger partial charge is 0.447 e. The summed E-state index contributed by atoms with van der Waals surface area (Å²) in [6.07, 6.45) is 4.91. The molecule has 4 aliphatic rings. The normalized spacial score (nSPS) is 37.7. The summed E-state index contributed by atoms with van der Waals surface area (Å²) in [5, 5.41) is 38.6. The molecule has 2 bridgehead atoms. The molecule has 0 radical (unpaired) electrons. The van der Waals surface area contributed by atoms with Gasteiger partial charge in [-0.15, -0.1) is 0 Å². The Balaban J connectivity index is 2.02. The monoisotopic (exact) mass is 333 g/mol. The fraction of sp³-hybridized carbons (Fsp3) is 0.500. The highest BCUT2D eigenvalue weighted by molar-refractivity contribution is 5.89. The molecule has 7 nitrogen and oxygen atoms in total. The molecule has 124 valence electrons. The number of hydrogen-bond donors (Lipinski definition) is 1. The van der Waals surface area contributed by atoms with E-state index in [-0.39, 0.29) is 5.90 Å². The van der Waals surface area contributed by atoms with E-state index in [0.29, 0.717) is 18.4 Å². The number of fused-ring (bicyclic) bond motifs is 2. The zero-order valence-electron chi connectivity index (χ0n) is 13.4. The van der Waals surface area contributed by atoms with E-state index in [9.17, 15) is 15.8 Å². The summed E-state index contributed by atoms with van der Waals surface area (Å²) in [5.74, 6) is -2.10. The van der Waals surface area contributed by atoms with Gasteiger partial charge >= 0.3 is 0 Å². The topological polar surface area (TPSA) is 127 Å². The van der Waals surface area contributed by atoms with Gasteiger partial charge in [-0.1, -0.05) is 6.42 Å². The summed E-state index contributed by atoms with van der Waals surface area (Å²) in [5.41, 5.74) is -2.88. The molecular formula is C18H15N5O2. The van der Waals surface area contributed by atoms with E-state index in [0.717, 1.165) is 12.8 Å². The second kappa shape index (κ2) is 5.02. The minimum atomic E-state index is -1.80. The molecule has 4 atom stereocenters. The summed E-state index contributed by atoms with van der Waals surface area (Å²) in [7, 11) is 0. The van der Waals surface area contributed by atoms with Crippen LogP contribution in [0.5, 0.6) is 0 Å². The van der Waals surface area contributed by atoms with Crippen LogP contribution in [-0.2, 0) is 9.47 Å². The quantitative estimate of drug-likeness (QED) is 0.841. The summed E-state index contributed by atoms with van der Waals surface area (Å²) in [4.78, 5) is 3.97. The van der Waals surface area contributed by atoms with Crippen molar-refractivity contribution in [2.45, 2.75) is 37.6 Å². The lowest BCUT2D eigenvalue weighted by molar-refractivity contribution is -0.360. The van der Waals surface area contributed by atoms with Gasteiger partial charge in [0.25, 0.3) is 0 Å². The molecule has 1 N–H and O–H groups in total. The van der Waals surface area contributed by atoms with Gasteiger partial charge in [-0.3, -0.25) is 10.4 Å². The second-order valence-corrected chi connectivity index (χ2v) is 6.77. The molecule has 3 aliphatic heterocycles. The van der Waals surface area contributed by atoms with E-state index >= 15 is 0 Å². The van der Waals surface area contributed by atoms with E-state index in [2.05, 4.69) is 23.2 Å². The molecule has 1 aromatic heterocycles. The molecule has 4 heterocycles. The first kappa shape index (κ1) is 15.6. The first-order chi connectivity index (χ1) is 12.1. The van der Waals surface area contributed by atoms with Crippen LogP contribution in [0.1, 0.15) is 37.4 Å². The van der Waals surface area contributed by atoms with Gasteiger partial charge in [0.1, 0.15) is 6.10 Å². The van der Waals surface area contributed by atoms with Crippen molar-refractivity contribution >= 4 is 5.90 Å². The molecule has 3 saturated heterocycles. The van der Waals surface area contributed by atoms with Gasteiger partial charge < -0.3 is 9.47 Å². The fourth-order valence-electron chi connectivity index (χ4n) is 4.68. The van der Waals surface area contributed by atoms with E-state index in [1.165, 1.54) is 0 Å². The predicted molar refractivity (Wildman–Crippen MR) is 83.3 cm³/mol. The van der Waals surface area contributed by atoms with E-state index in [1.54, 1.807) is 24.5 Å². The molecule has 1 aliphatic carbocycles. The lowest BCUT2D eigenvalue weighted by atomic mass is 9.48. The molecule has 7 heteroatoms. The average molecular weight is 333 g/mol. The van der Waals surface area contributed by atoms with Gasteiger partial charge in [0.15, 0.2) is 10.8 Å². The maximum absolute atomic E-state index is 10.1. The number of hydrogen-bond acceptors (Lipinski definition) is 7. The predicted octanol–water partition coefficient (Wildman–Crippen LogP) is 2.59. The van der Waals surface area contributed by atoms with Gasteiger partial charge in [-0.05, 0) is 30.5 Å². The lowest BCUT2D eigenvalue weighted by Gasteiger charge is -2.63. The Hall–Kier alpha value is -2.95. The number of pyridine rings is 1. The van der Waals surface area contributed by atoms with Crippen LogP contribution in [0.2, 0.25) is 0 Å². The molecular weight excluding hydrogens is 318 g/mol. The number of aromatic nitrogens is 1. The highest BCUT2D eigenvalue weighted by Gasteiger charge is 2.80. The van der Waals surface area contributed by atoms with Crippen LogP contribution >= 0.6 is 0 Å². The number of nitrogens with zero attached hydrogens (tertiary/aromatic N) is 4. The third kappa shape index (κ3) is 1.60. The molecule has 25 heavy (non-hydrogen) atoms. The van der Waals surface area contributed by atoms with Crippen LogP contribution in [0.3, 0.4) is 0 Å². The smallest absolute Gasteiger partial charge is 0.218 e. The zero-order valence-corrected chi connectivity index (χ0v) is 13.4. The summed E-state index contributed by atoms with van der Waals surface area (Å²) < 4.78 is 12.1. The van der Waals surface area contributed by atoms with Crippen molar-refractivity contribution in [3.8, 4) is 18.2 Å². The van der Waals surface area contributed by atoms with Gasteiger partial charge in [-0.25, -0.2) is 0 Å². The van der Waals surface area contributed by atoms with Crippen molar-refractivity contribution in [3.63, 3.8) is 0 Å². The molecule has 1 aromatic rings. The van der Waals surface area contributed by atoms with Crippen LogP contribution in [0.4, 0.5) is 0 Å². The number of nitriles is 3. The maximum atomic E-state index is 10.1. The molecule has 0 unspecified atom stereocenters. The third-order valence-electron chi connectivity index (χ3n) is 5.83. The third-order valence-corrected chi connectivity index (χ3v) is 5.83. The van der Waals surface area contributed by atoms with Crippen molar-refractivity contribution in [1.82, 2.24) is 4.98 Å². The van der Waals surface area contributed by atoms with Crippen molar-refractivity contribution in [2.75, 3.05) is 0 Å². The van der Waals surface area contributed by atoms with Crippen molar-refractivity contribution < 1.29 is 9.47 Å². The Morgan fingerprint density at radius 1 is 1.12 bits per heavy atom. The number of ether oxygens (including phenoxy) is 2. The number of rotatable bonds is 1. The highest BCUT2D eigenvalue weighted by Crippen LogP contribution is 2.69. The minimum Gasteiger partial charge on any atom is -0.447 e. The standard InChI is InChI=1S/C18H15N5O2/c19-9-16(10-20)13-3-1-2-6-18(13)24-14(12-4-7-23-8-5-12)17(16,11-21)15(22)25-18/h4-5,7-8,13-14,22H,1-3,6H2/t13-,14-,17-,18-/m1/s1. The van der Waals surface area contributed by atoms with Gasteiger partial charge in [-0.2, -0.15) is 15.8 Å². The number of nitrogens with one attached hydrogen (secondary N) is 1. The SMILES string of the molecule is N#CC1(C#N)[C@H]2CCCC[C@@]23OC(=N)[C@@]1(C#N)[C@@H](c1ccncc1)O3. The van der Waals surface area contributed by atoms with Crippen LogP contribution in [-0.4, -0.2) is 16.7 Å². The molecule has 0 amide bonds. The average Bonchev–Trinajstić information content (AvgIpc) is 2.66. The molecule has 4 fully saturated rings. The summed E-state index contributed by atoms with van der Waals surface area (Å²) in [6, 6.07) is 9.69. The fourth-order valence-corrected chi connectivity index (χ4v) is 4.68. The van der Waals surface area contributed by atoms with E-state index < -0.39 is 28.6 Å². The highest BCUT2D eigenvalue weighted by atomic mass is 16.7. The Bertz CT molecular complexity index is 850. The summed E-state index contributed by atoms with van der Waals surface area (Å²) in [6.45, 7) is 0. The second-order valence-electron chi connectivity index (χ2n) is 6.77.